The third-order valence-electron chi connectivity index (χ3n) is 3.25. The molecule has 4 nitrogen and oxygen atoms in total. The first-order chi connectivity index (χ1) is 8.74. The van der Waals surface area contributed by atoms with Crippen LogP contribution < -0.4 is 10.2 Å². The van der Waals surface area contributed by atoms with Crippen molar-refractivity contribution in [1.82, 2.24) is 10.3 Å². The lowest BCUT2D eigenvalue weighted by atomic mass is 10.1. The Labute approximate surface area is 106 Å². The van der Waals surface area contributed by atoms with Gasteiger partial charge in [0.25, 0.3) is 0 Å². The molecule has 0 unspecified atom stereocenters. The Balaban J connectivity index is 2.10. The molecular formula is C14H15N3O. The molecule has 3 rings (SSSR count). The van der Waals surface area contributed by atoms with Gasteiger partial charge in [-0.25, -0.2) is 0 Å². The number of benzene rings is 1. The standard InChI is InChI=1S/C14H15N3O/c1-10-2-3-12-11(8-10)13(4-5-15-12)17-7-6-16-14(18)9-17/h2-5,8H,6-7,9H2,1H3,(H,16,18). The van der Waals surface area contributed by atoms with Crippen LogP contribution in [0.2, 0.25) is 0 Å². The Morgan fingerprint density at radius 3 is 3.06 bits per heavy atom. The minimum Gasteiger partial charge on any atom is -0.360 e. The van der Waals surface area contributed by atoms with Gasteiger partial charge in [-0.15, -0.1) is 0 Å². The number of anilines is 1. The van der Waals surface area contributed by atoms with E-state index in [-0.39, 0.29) is 5.91 Å². The summed E-state index contributed by atoms with van der Waals surface area (Å²) in [6.07, 6.45) is 1.81. The van der Waals surface area contributed by atoms with Crippen LogP contribution in [0, 0.1) is 6.92 Å². The van der Waals surface area contributed by atoms with Gasteiger partial charge in [0.1, 0.15) is 0 Å². The second-order valence-corrected chi connectivity index (χ2v) is 4.62. The molecule has 1 aromatic heterocycles. The SMILES string of the molecule is Cc1ccc2nccc(N3CCNC(=O)C3)c2c1. The smallest absolute Gasteiger partial charge is 0.239 e. The number of hydrogen-bond acceptors (Lipinski definition) is 3. The fourth-order valence-electron chi connectivity index (χ4n) is 2.37. The van der Waals surface area contributed by atoms with E-state index in [1.807, 2.05) is 12.1 Å². The van der Waals surface area contributed by atoms with Gasteiger partial charge in [-0.3, -0.25) is 9.78 Å². The Morgan fingerprint density at radius 1 is 1.33 bits per heavy atom. The largest absolute Gasteiger partial charge is 0.360 e. The lowest BCUT2D eigenvalue weighted by Crippen LogP contribution is -2.47. The Morgan fingerprint density at radius 2 is 2.22 bits per heavy atom. The van der Waals surface area contributed by atoms with Crippen LogP contribution in [0.1, 0.15) is 5.56 Å². The molecule has 92 valence electrons. The highest BCUT2D eigenvalue weighted by Gasteiger charge is 2.18. The lowest BCUT2D eigenvalue weighted by molar-refractivity contribution is -0.120. The first kappa shape index (κ1) is 11.0. The topological polar surface area (TPSA) is 45.2 Å². The first-order valence-corrected chi connectivity index (χ1v) is 6.11. The monoisotopic (exact) mass is 241 g/mol. The summed E-state index contributed by atoms with van der Waals surface area (Å²) in [4.78, 5) is 18.0. The quantitative estimate of drug-likeness (QED) is 0.822. The van der Waals surface area contributed by atoms with E-state index >= 15 is 0 Å². The number of nitrogens with one attached hydrogen (secondary N) is 1. The second-order valence-electron chi connectivity index (χ2n) is 4.62. The molecule has 1 amide bonds. The zero-order chi connectivity index (χ0) is 12.5. The van der Waals surface area contributed by atoms with Crippen LogP contribution in [0.5, 0.6) is 0 Å². The van der Waals surface area contributed by atoms with Crippen molar-refractivity contribution in [3.63, 3.8) is 0 Å². The molecule has 0 bridgehead atoms. The second kappa shape index (κ2) is 4.29. The first-order valence-electron chi connectivity index (χ1n) is 6.11. The van der Waals surface area contributed by atoms with E-state index in [0.717, 1.165) is 23.1 Å². The maximum atomic E-state index is 11.5. The van der Waals surface area contributed by atoms with E-state index in [2.05, 4.69) is 34.3 Å². The van der Waals surface area contributed by atoms with Gasteiger partial charge >= 0.3 is 0 Å². The van der Waals surface area contributed by atoms with Gasteiger partial charge in [0.2, 0.25) is 5.91 Å². The predicted octanol–water partition coefficient (Wildman–Crippen LogP) is 1.48. The number of aryl methyl sites for hydroxylation is 1. The van der Waals surface area contributed by atoms with E-state index in [1.54, 1.807) is 6.20 Å². The molecule has 1 saturated heterocycles. The zero-order valence-electron chi connectivity index (χ0n) is 10.3. The molecule has 1 N–H and O–H groups in total. The number of piperazine rings is 1. The number of carbonyl (C=O) groups excluding carboxylic acids is 1. The highest BCUT2D eigenvalue weighted by atomic mass is 16.2. The molecule has 0 aliphatic carbocycles. The van der Waals surface area contributed by atoms with E-state index in [0.29, 0.717) is 13.1 Å². The molecule has 2 heterocycles. The molecule has 0 saturated carbocycles. The van der Waals surface area contributed by atoms with E-state index in [4.69, 9.17) is 0 Å². The summed E-state index contributed by atoms with van der Waals surface area (Å²) in [5.74, 6) is 0.0823. The molecule has 1 fully saturated rings. The van der Waals surface area contributed by atoms with Crippen molar-refractivity contribution in [1.29, 1.82) is 0 Å². The number of nitrogens with zero attached hydrogens (tertiary/aromatic N) is 2. The maximum absolute atomic E-state index is 11.5. The predicted molar refractivity (Wildman–Crippen MR) is 71.7 cm³/mol. The number of aromatic nitrogens is 1. The summed E-state index contributed by atoms with van der Waals surface area (Å²) in [5.41, 5.74) is 3.28. The van der Waals surface area contributed by atoms with E-state index in [1.165, 1.54) is 5.56 Å². The van der Waals surface area contributed by atoms with Crippen LogP contribution in [-0.4, -0.2) is 30.5 Å². The Kier molecular flexibility index (Phi) is 2.63. The summed E-state index contributed by atoms with van der Waals surface area (Å²) in [5, 5.41) is 3.96. The van der Waals surface area contributed by atoms with Crippen molar-refractivity contribution in [3.05, 3.63) is 36.0 Å². The molecule has 1 aromatic carbocycles. The van der Waals surface area contributed by atoms with E-state index < -0.39 is 0 Å². The van der Waals surface area contributed by atoms with Crippen LogP contribution in [0.15, 0.2) is 30.5 Å². The summed E-state index contributed by atoms with van der Waals surface area (Å²) in [6.45, 7) is 4.04. The van der Waals surface area contributed by atoms with Crippen molar-refractivity contribution in [3.8, 4) is 0 Å². The summed E-state index contributed by atoms with van der Waals surface area (Å²) < 4.78 is 0. The molecule has 1 aliphatic heterocycles. The molecule has 0 spiro atoms. The average Bonchev–Trinajstić information content (AvgIpc) is 2.38. The van der Waals surface area contributed by atoms with Crippen LogP contribution >= 0.6 is 0 Å². The summed E-state index contributed by atoms with van der Waals surface area (Å²) in [7, 11) is 0. The normalized spacial score (nSPS) is 15.8. The van der Waals surface area contributed by atoms with Crippen molar-refractivity contribution in [2.45, 2.75) is 6.92 Å². The highest BCUT2D eigenvalue weighted by molar-refractivity contribution is 5.94. The van der Waals surface area contributed by atoms with Gasteiger partial charge < -0.3 is 10.2 Å². The van der Waals surface area contributed by atoms with Gasteiger partial charge in [0.05, 0.1) is 12.1 Å². The van der Waals surface area contributed by atoms with Gasteiger partial charge in [0.15, 0.2) is 0 Å². The number of hydrogen-bond donors (Lipinski definition) is 1. The summed E-state index contributed by atoms with van der Waals surface area (Å²) in [6, 6.07) is 8.20. The Bertz CT molecular complexity index is 609. The van der Waals surface area contributed by atoms with Crippen LogP contribution in [0.25, 0.3) is 10.9 Å². The van der Waals surface area contributed by atoms with Gasteiger partial charge in [-0.1, -0.05) is 11.6 Å². The molecule has 0 radical (unpaired) electrons. The molecule has 2 aromatic rings. The molecule has 18 heavy (non-hydrogen) atoms. The number of rotatable bonds is 1. The fourth-order valence-corrected chi connectivity index (χ4v) is 2.37. The van der Waals surface area contributed by atoms with Crippen molar-refractivity contribution >= 4 is 22.5 Å². The minimum absolute atomic E-state index is 0.0823. The van der Waals surface area contributed by atoms with Crippen LogP contribution in [0.4, 0.5) is 5.69 Å². The average molecular weight is 241 g/mol. The van der Waals surface area contributed by atoms with Crippen molar-refractivity contribution in [2.24, 2.45) is 0 Å². The number of carbonyl (C=O) groups is 1. The number of pyridine rings is 1. The third kappa shape index (κ3) is 1.90. The third-order valence-corrected chi connectivity index (χ3v) is 3.25. The van der Waals surface area contributed by atoms with Crippen LogP contribution in [0.3, 0.4) is 0 Å². The highest BCUT2D eigenvalue weighted by Crippen LogP contribution is 2.26. The maximum Gasteiger partial charge on any atom is 0.239 e. The van der Waals surface area contributed by atoms with Gasteiger partial charge in [-0.05, 0) is 25.1 Å². The fraction of sp³-hybridized carbons (Fsp3) is 0.286. The number of amides is 1. The van der Waals surface area contributed by atoms with Gasteiger partial charge in [0, 0.05) is 30.4 Å². The van der Waals surface area contributed by atoms with E-state index in [9.17, 15) is 4.79 Å². The zero-order valence-corrected chi connectivity index (χ0v) is 10.3. The van der Waals surface area contributed by atoms with Crippen molar-refractivity contribution < 1.29 is 4.79 Å². The lowest BCUT2D eigenvalue weighted by Gasteiger charge is -2.29. The molecule has 1 aliphatic rings. The minimum atomic E-state index is 0.0823. The van der Waals surface area contributed by atoms with Crippen LogP contribution in [-0.2, 0) is 4.79 Å². The van der Waals surface area contributed by atoms with Gasteiger partial charge in [-0.2, -0.15) is 0 Å². The number of fused-ring (bicyclic) bond motifs is 1. The molecule has 4 heteroatoms. The Hall–Kier alpha value is -2.10. The molecular weight excluding hydrogens is 226 g/mol. The van der Waals surface area contributed by atoms with Crippen molar-refractivity contribution in [2.75, 3.05) is 24.5 Å². The summed E-state index contributed by atoms with van der Waals surface area (Å²) >= 11 is 0. The molecule has 0 atom stereocenters.